The Kier molecular flexibility index (Phi) is 11.9. The van der Waals surface area contributed by atoms with Gasteiger partial charge in [0.1, 0.15) is 11.6 Å². The van der Waals surface area contributed by atoms with E-state index in [-0.39, 0.29) is 0 Å². The first-order valence-corrected chi connectivity index (χ1v) is 7.88. The molecule has 1 unspecified atom stereocenters. The number of carbonyl (C=O) groups is 3. The van der Waals surface area contributed by atoms with E-state index in [2.05, 4.69) is 10.6 Å². The molecule has 0 aliphatic carbocycles. The van der Waals surface area contributed by atoms with E-state index in [0.717, 1.165) is 0 Å². The largest absolute Gasteiger partial charge is 0.480 e. The highest BCUT2D eigenvalue weighted by Crippen LogP contribution is 2.06. The Morgan fingerprint density at radius 3 is 2.00 bits per heavy atom. The van der Waals surface area contributed by atoms with Gasteiger partial charge in [-0.1, -0.05) is 0 Å². The summed E-state index contributed by atoms with van der Waals surface area (Å²) in [5.41, 5.74) is -1.04. The molecule has 8 nitrogen and oxygen atoms in total. The average Bonchev–Trinajstić information content (AvgIpc) is 2.32. The number of amides is 2. The highest BCUT2D eigenvalue weighted by Gasteiger charge is 2.16. The predicted molar refractivity (Wildman–Crippen MR) is 90.7 cm³/mol. The number of ether oxygens (including phenoxy) is 1. The van der Waals surface area contributed by atoms with Gasteiger partial charge in [-0.15, -0.1) is 0 Å². The zero-order valence-corrected chi connectivity index (χ0v) is 15.5. The van der Waals surface area contributed by atoms with Crippen molar-refractivity contribution in [3.63, 3.8) is 0 Å². The van der Waals surface area contributed by atoms with Crippen LogP contribution in [0.4, 0.5) is 4.79 Å². The molecule has 142 valence electrons. The number of aliphatic hydroxyl groups is 1. The summed E-state index contributed by atoms with van der Waals surface area (Å²) in [5.74, 6) is -1.06. The number of rotatable bonds is 8. The summed E-state index contributed by atoms with van der Waals surface area (Å²) in [7, 11) is 0. The fourth-order valence-electron chi connectivity index (χ4n) is 1.34. The van der Waals surface area contributed by atoms with Gasteiger partial charge in [0.15, 0.2) is 0 Å². The van der Waals surface area contributed by atoms with E-state index in [1.54, 1.807) is 41.5 Å². The summed E-state index contributed by atoms with van der Waals surface area (Å²) in [4.78, 5) is 32.2. The first kappa shape index (κ1) is 24.4. The number of hydrogen-bond acceptors (Lipinski definition) is 5. The molecule has 1 atom stereocenters. The van der Waals surface area contributed by atoms with Crippen LogP contribution in [-0.4, -0.2) is 52.5 Å². The van der Waals surface area contributed by atoms with Crippen molar-refractivity contribution in [2.45, 2.75) is 78.0 Å². The average molecular weight is 348 g/mol. The predicted octanol–water partition coefficient (Wildman–Crippen LogP) is 1.66. The Morgan fingerprint density at radius 1 is 1.12 bits per heavy atom. The maximum atomic E-state index is 11.3. The molecule has 0 saturated heterocycles. The molecule has 0 bridgehead atoms. The van der Waals surface area contributed by atoms with Gasteiger partial charge in [0.2, 0.25) is 6.41 Å². The van der Waals surface area contributed by atoms with Crippen LogP contribution >= 0.6 is 0 Å². The van der Waals surface area contributed by atoms with Crippen molar-refractivity contribution in [3.05, 3.63) is 0 Å². The van der Waals surface area contributed by atoms with Crippen molar-refractivity contribution >= 4 is 18.5 Å². The van der Waals surface area contributed by atoms with Crippen LogP contribution in [0.5, 0.6) is 0 Å². The van der Waals surface area contributed by atoms with Crippen LogP contribution in [0.15, 0.2) is 0 Å². The molecule has 0 aromatic heterocycles. The molecule has 24 heavy (non-hydrogen) atoms. The lowest BCUT2D eigenvalue weighted by molar-refractivity contribution is -0.140. The van der Waals surface area contributed by atoms with Gasteiger partial charge in [0.05, 0.1) is 5.60 Å². The minimum Gasteiger partial charge on any atom is -0.480 e. The number of aliphatic carboxylic acids is 1. The molecule has 8 heteroatoms. The van der Waals surface area contributed by atoms with Crippen molar-refractivity contribution in [3.8, 4) is 0 Å². The van der Waals surface area contributed by atoms with Gasteiger partial charge in [-0.3, -0.25) is 4.79 Å². The number of nitrogens with one attached hydrogen (secondary N) is 2. The monoisotopic (exact) mass is 348 g/mol. The number of carbonyl (C=O) groups excluding carboxylic acids is 2. The number of carboxylic acids is 1. The second-order valence-electron chi connectivity index (χ2n) is 7.27. The molecular formula is C16H32N2O6. The summed E-state index contributed by atoms with van der Waals surface area (Å²) in [6.45, 7) is 11.0. The molecule has 0 spiro atoms. The van der Waals surface area contributed by atoms with Crippen LogP contribution in [0, 0.1) is 0 Å². The van der Waals surface area contributed by atoms with E-state index >= 15 is 0 Å². The minimum atomic E-state index is -1.06. The molecule has 0 radical (unpaired) electrons. The third-order valence-corrected chi connectivity index (χ3v) is 2.16. The summed E-state index contributed by atoms with van der Waals surface area (Å²) in [6.07, 6.45) is 1.40. The Balaban J connectivity index is 0. The highest BCUT2D eigenvalue weighted by atomic mass is 16.6. The molecule has 0 rings (SSSR count). The molecule has 0 aromatic carbocycles. The number of carboxylic acid groups (broad SMARTS) is 1. The molecule has 0 fully saturated rings. The number of unbranched alkanes of at least 4 members (excludes halogenated alkanes) is 1. The van der Waals surface area contributed by atoms with Gasteiger partial charge < -0.3 is 25.6 Å². The quantitative estimate of drug-likeness (QED) is 0.390. The maximum absolute atomic E-state index is 11.3. The first-order valence-electron chi connectivity index (χ1n) is 7.88. The van der Waals surface area contributed by atoms with E-state index in [4.69, 9.17) is 14.9 Å². The van der Waals surface area contributed by atoms with E-state index in [0.29, 0.717) is 32.2 Å². The van der Waals surface area contributed by atoms with Crippen molar-refractivity contribution in [2.75, 3.05) is 6.54 Å². The van der Waals surface area contributed by atoms with Gasteiger partial charge in [-0.05, 0) is 60.8 Å². The van der Waals surface area contributed by atoms with Gasteiger partial charge >= 0.3 is 12.1 Å². The summed E-state index contributed by atoms with van der Waals surface area (Å²) < 4.78 is 5.04. The lowest BCUT2D eigenvalue weighted by Crippen LogP contribution is -2.36. The van der Waals surface area contributed by atoms with Gasteiger partial charge in [-0.25, -0.2) is 9.59 Å². The normalized spacial score (nSPS) is 12.3. The molecule has 2 amide bonds. The SMILES string of the molecule is CC(C)(C)O.CC(C)(C)OC(=O)NCCCCC(NC=O)C(=O)O. The minimum absolute atomic E-state index is 0.323. The third-order valence-electron chi connectivity index (χ3n) is 2.16. The standard InChI is InChI=1S/C12H22N2O5.C4H10O/c1-12(2,3)19-11(18)13-7-5-4-6-9(10(16)17)14-8-15;1-4(2,3)5/h8-9H,4-7H2,1-3H3,(H,13,18)(H,14,15)(H,16,17);5H,1-3H3. The molecule has 0 saturated carbocycles. The fourth-order valence-corrected chi connectivity index (χ4v) is 1.34. The summed E-state index contributed by atoms with van der Waals surface area (Å²) >= 11 is 0. The van der Waals surface area contributed by atoms with Crippen molar-refractivity contribution in [1.82, 2.24) is 10.6 Å². The molecule has 4 N–H and O–H groups in total. The van der Waals surface area contributed by atoms with Crippen LogP contribution in [0.25, 0.3) is 0 Å². The Morgan fingerprint density at radius 2 is 1.62 bits per heavy atom. The smallest absolute Gasteiger partial charge is 0.407 e. The molecule has 0 aliphatic heterocycles. The Labute approximate surface area is 144 Å². The van der Waals surface area contributed by atoms with Crippen LogP contribution in [0.3, 0.4) is 0 Å². The van der Waals surface area contributed by atoms with Gasteiger partial charge in [0, 0.05) is 6.54 Å². The Hall–Kier alpha value is -1.83. The van der Waals surface area contributed by atoms with E-state index in [1.165, 1.54) is 0 Å². The summed E-state index contributed by atoms with van der Waals surface area (Å²) in [6, 6.07) is -0.876. The van der Waals surface area contributed by atoms with Crippen LogP contribution in [-0.2, 0) is 14.3 Å². The van der Waals surface area contributed by atoms with Crippen LogP contribution in [0.1, 0.15) is 60.8 Å². The molecule has 0 aromatic rings. The maximum Gasteiger partial charge on any atom is 0.407 e. The zero-order chi connectivity index (χ0) is 19.4. The van der Waals surface area contributed by atoms with E-state index in [1.807, 2.05) is 0 Å². The van der Waals surface area contributed by atoms with Gasteiger partial charge in [-0.2, -0.15) is 0 Å². The van der Waals surface area contributed by atoms with Crippen molar-refractivity contribution in [2.24, 2.45) is 0 Å². The van der Waals surface area contributed by atoms with E-state index < -0.39 is 29.3 Å². The first-order chi connectivity index (χ1) is 10.8. The molecule has 0 aliphatic rings. The lowest BCUT2D eigenvalue weighted by atomic mass is 10.1. The molecular weight excluding hydrogens is 316 g/mol. The van der Waals surface area contributed by atoms with Gasteiger partial charge in [0.25, 0.3) is 0 Å². The van der Waals surface area contributed by atoms with Crippen LogP contribution < -0.4 is 10.6 Å². The van der Waals surface area contributed by atoms with Crippen molar-refractivity contribution in [1.29, 1.82) is 0 Å². The zero-order valence-electron chi connectivity index (χ0n) is 15.5. The Bertz CT molecular complexity index is 379. The summed E-state index contributed by atoms with van der Waals surface area (Å²) in [5, 5.41) is 22.1. The number of hydrogen-bond donors (Lipinski definition) is 4. The topological polar surface area (TPSA) is 125 Å². The second kappa shape index (κ2) is 11.7. The van der Waals surface area contributed by atoms with E-state index in [9.17, 15) is 14.4 Å². The third kappa shape index (κ3) is 22.5. The number of alkyl carbamates (subject to hydrolysis) is 1. The highest BCUT2D eigenvalue weighted by molar-refractivity contribution is 5.76. The van der Waals surface area contributed by atoms with Crippen LogP contribution in [0.2, 0.25) is 0 Å². The lowest BCUT2D eigenvalue weighted by Gasteiger charge is -2.19. The molecule has 0 heterocycles. The fraction of sp³-hybridized carbons (Fsp3) is 0.812. The second-order valence-corrected chi connectivity index (χ2v) is 7.27. The van der Waals surface area contributed by atoms with Crippen molar-refractivity contribution < 1.29 is 29.3 Å².